The Morgan fingerprint density at radius 3 is 2.59 bits per heavy atom. The monoisotopic (exact) mass is 322 g/mol. The summed E-state index contributed by atoms with van der Waals surface area (Å²) in [4.78, 5) is 16.3. The van der Waals surface area contributed by atoms with Gasteiger partial charge in [0.05, 0.1) is 15.8 Å². The smallest absolute Gasteiger partial charge is 0.320 e. The van der Waals surface area contributed by atoms with E-state index in [1.54, 1.807) is 12.1 Å². The zero-order chi connectivity index (χ0) is 15.7. The van der Waals surface area contributed by atoms with Gasteiger partial charge in [-0.2, -0.15) is 13.2 Å². The number of alkyl halides is 3. The van der Waals surface area contributed by atoms with Crippen LogP contribution in [0.4, 0.5) is 18.9 Å². The molecule has 1 amide bonds. The highest BCUT2D eigenvalue weighted by Gasteiger charge is 2.30. The molecule has 112 valence electrons. The second kappa shape index (κ2) is 5.42. The number of nitrogens with one attached hydrogen (secondary N) is 1. The molecule has 1 aromatic heterocycles. The second-order valence-electron chi connectivity index (χ2n) is 4.52. The first-order valence-corrected chi connectivity index (χ1v) is 7.09. The molecule has 0 saturated heterocycles. The number of rotatable bonds is 2. The molecule has 2 aromatic carbocycles. The van der Waals surface area contributed by atoms with E-state index in [1.165, 1.54) is 23.5 Å². The molecule has 0 aliphatic carbocycles. The van der Waals surface area contributed by atoms with Crippen LogP contribution in [0.3, 0.4) is 0 Å². The number of carbonyl (C=O) groups excluding carboxylic acids is 1. The lowest BCUT2D eigenvalue weighted by atomic mass is 10.2. The van der Waals surface area contributed by atoms with E-state index in [0.717, 1.165) is 16.8 Å². The van der Waals surface area contributed by atoms with E-state index in [4.69, 9.17) is 0 Å². The first-order valence-electron chi connectivity index (χ1n) is 6.28. The lowest BCUT2D eigenvalue weighted by Gasteiger charge is -2.09. The minimum atomic E-state index is -4.45. The van der Waals surface area contributed by atoms with E-state index in [0.29, 0.717) is 5.52 Å². The van der Waals surface area contributed by atoms with Gasteiger partial charge in [0.2, 0.25) is 0 Å². The first-order chi connectivity index (χ1) is 10.4. The van der Waals surface area contributed by atoms with E-state index in [-0.39, 0.29) is 10.7 Å². The van der Waals surface area contributed by atoms with E-state index in [2.05, 4.69) is 10.3 Å². The van der Waals surface area contributed by atoms with Crippen LogP contribution >= 0.6 is 11.3 Å². The molecule has 0 fully saturated rings. The first kappa shape index (κ1) is 14.5. The summed E-state index contributed by atoms with van der Waals surface area (Å²) in [5, 5.41) is 2.65. The molecule has 0 radical (unpaired) electrons. The largest absolute Gasteiger partial charge is 0.416 e. The minimum Gasteiger partial charge on any atom is -0.320 e. The number of aromatic nitrogens is 1. The Hall–Kier alpha value is -2.41. The van der Waals surface area contributed by atoms with Gasteiger partial charge < -0.3 is 5.32 Å². The summed E-state index contributed by atoms with van der Waals surface area (Å²) in [5.41, 5.74) is -0.0460. The Kier molecular flexibility index (Phi) is 3.58. The normalized spacial score (nSPS) is 11.6. The van der Waals surface area contributed by atoms with Crippen molar-refractivity contribution in [1.29, 1.82) is 0 Å². The zero-order valence-corrected chi connectivity index (χ0v) is 11.8. The van der Waals surface area contributed by atoms with Crippen LogP contribution in [0.25, 0.3) is 10.2 Å². The van der Waals surface area contributed by atoms with Crippen molar-refractivity contribution in [3.63, 3.8) is 0 Å². The fourth-order valence-corrected chi connectivity index (χ4v) is 2.79. The van der Waals surface area contributed by atoms with Gasteiger partial charge in [-0.3, -0.25) is 4.79 Å². The van der Waals surface area contributed by atoms with Gasteiger partial charge in [0.15, 0.2) is 5.01 Å². The number of benzene rings is 2. The number of hydrogen-bond acceptors (Lipinski definition) is 3. The molecule has 3 nitrogen and oxygen atoms in total. The van der Waals surface area contributed by atoms with E-state index < -0.39 is 17.6 Å². The molecular weight excluding hydrogens is 313 g/mol. The second-order valence-corrected chi connectivity index (χ2v) is 5.55. The molecule has 0 atom stereocenters. The van der Waals surface area contributed by atoms with Crippen molar-refractivity contribution in [2.45, 2.75) is 6.18 Å². The summed E-state index contributed by atoms with van der Waals surface area (Å²) < 4.78 is 38.8. The van der Waals surface area contributed by atoms with Crippen LogP contribution in [-0.4, -0.2) is 10.9 Å². The highest BCUT2D eigenvalue weighted by atomic mass is 32.1. The van der Waals surface area contributed by atoms with Crippen molar-refractivity contribution in [1.82, 2.24) is 4.98 Å². The molecular formula is C15H9F3N2OS. The summed E-state index contributed by atoms with van der Waals surface area (Å²) >= 11 is 1.19. The van der Waals surface area contributed by atoms with Gasteiger partial charge in [0, 0.05) is 5.69 Å². The minimum absolute atomic E-state index is 0.0825. The number of amides is 1. The van der Waals surface area contributed by atoms with E-state index in [1.807, 2.05) is 12.1 Å². The SMILES string of the molecule is O=C(Nc1cccc(C(F)(F)F)c1)c1nc2ccccc2s1. The topological polar surface area (TPSA) is 42.0 Å². The third-order valence-electron chi connectivity index (χ3n) is 2.94. The molecule has 0 saturated carbocycles. The van der Waals surface area contributed by atoms with Crippen molar-refractivity contribution < 1.29 is 18.0 Å². The highest BCUT2D eigenvalue weighted by Crippen LogP contribution is 2.31. The molecule has 0 unspecified atom stereocenters. The van der Waals surface area contributed by atoms with Gasteiger partial charge in [0.25, 0.3) is 5.91 Å². The zero-order valence-electron chi connectivity index (χ0n) is 11.0. The molecule has 0 spiro atoms. The van der Waals surface area contributed by atoms with Gasteiger partial charge in [-0.15, -0.1) is 11.3 Å². The summed E-state index contributed by atoms with van der Waals surface area (Å²) in [6, 6.07) is 11.7. The van der Waals surface area contributed by atoms with Gasteiger partial charge >= 0.3 is 6.18 Å². The maximum absolute atomic E-state index is 12.6. The van der Waals surface area contributed by atoms with Crippen LogP contribution in [-0.2, 0) is 6.18 Å². The molecule has 0 aliphatic heterocycles. The standard InChI is InChI=1S/C15H9F3N2OS/c16-15(17,18)9-4-3-5-10(8-9)19-13(21)14-20-11-6-1-2-7-12(11)22-14/h1-8H,(H,19,21). The number of para-hydroxylation sites is 1. The summed E-state index contributed by atoms with van der Waals surface area (Å²) in [6.07, 6.45) is -4.45. The molecule has 1 heterocycles. The Labute approximate surface area is 127 Å². The average molecular weight is 322 g/mol. The van der Waals surface area contributed by atoms with E-state index in [9.17, 15) is 18.0 Å². The average Bonchev–Trinajstić information content (AvgIpc) is 2.90. The van der Waals surface area contributed by atoms with Crippen molar-refractivity contribution >= 4 is 33.1 Å². The fourth-order valence-electron chi connectivity index (χ4n) is 1.93. The number of nitrogens with zero attached hydrogens (tertiary/aromatic N) is 1. The highest BCUT2D eigenvalue weighted by molar-refractivity contribution is 7.20. The maximum Gasteiger partial charge on any atom is 0.416 e. The van der Waals surface area contributed by atoms with Gasteiger partial charge in [-0.1, -0.05) is 18.2 Å². The summed E-state index contributed by atoms with van der Waals surface area (Å²) in [5.74, 6) is -0.527. The summed E-state index contributed by atoms with van der Waals surface area (Å²) in [6.45, 7) is 0. The molecule has 3 aromatic rings. The van der Waals surface area contributed by atoms with Gasteiger partial charge in [-0.05, 0) is 30.3 Å². The predicted octanol–water partition coefficient (Wildman–Crippen LogP) is 4.57. The molecule has 22 heavy (non-hydrogen) atoms. The van der Waals surface area contributed by atoms with Crippen LogP contribution in [0.15, 0.2) is 48.5 Å². The Morgan fingerprint density at radius 1 is 1.09 bits per heavy atom. The summed E-state index contributed by atoms with van der Waals surface area (Å²) in [7, 11) is 0. The maximum atomic E-state index is 12.6. The predicted molar refractivity (Wildman–Crippen MR) is 79.0 cm³/mol. The van der Waals surface area contributed by atoms with Crippen molar-refractivity contribution in [2.75, 3.05) is 5.32 Å². The van der Waals surface area contributed by atoms with Crippen LogP contribution in [0.1, 0.15) is 15.4 Å². The van der Waals surface area contributed by atoms with Crippen LogP contribution in [0.2, 0.25) is 0 Å². The van der Waals surface area contributed by atoms with Crippen LogP contribution in [0.5, 0.6) is 0 Å². The molecule has 0 bridgehead atoms. The number of thiazole rings is 1. The van der Waals surface area contributed by atoms with E-state index >= 15 is 0 Å². The van der Waals surface area contributed by atoms with Crippen molar-refractivity contribution in [3.05, 3.63) is 59.1 Å². The third-order valence-corrected chi connectivity index (χ3v) is 3.97. The molecule has 1 N–H and O–H groups in total. The van der Waals surface area contributed by atoms with Crippen molar-refractivity contribution in [2.24, 2.45) is 0 Å². The number of anilines is 1. The van der Waals surface area contributed by atoms with Gasteiger partial charge in [-0.25, -0.2) is 4.98 Å². The Morgan fingerprint density at radius 2 is 1.86 bits per heavy atom. The molecule has 7 heteroatoms. The van der Waals surface area contributed by atoms with Crippen molar-refractivity contribution in [3.8, 4) is 0 Å². The Balaban J connectivity index is 1.85. The fraction of sp³-hybridized carbons (Fsp3) is 0.0667. The lowest BCUT2D eigenvalue weighted by molar-refractivity contribution is -0.137. The third kappa shape index (κ3) is 2.94. The molecule has 3 rings (SSSR count). The van der Waals surface area contributed by atoms with Crippen LogP contribution < -0.4 is 5.32 Å². The Bertz CT molecular complexity index is 809. The van der Waals surface area contributed by atoms with Gasteiger partial charge in [0.1, 0.15) is 0 Å². The number of halogens is 3. The number of hydrogen-bond donors (Lipinski definition) is 1. The molecule has 0 aliphatic rings. The van der Waals surface area contributed by atoms with Crippen LogP contribution in [0, 0.1) is 0 Å². The number of carbonyl (C=O) groups is 1. The quantitative estimate of drug-likeness (QED) is 0.751. The lowest BCUT2D eigenvalue weighted by Crippen LogP contribution is -2.12. The number of fused-ring (bicyclic) bond motifs is 1.